The highest BCUT2D eigenvalue weighted by molar-refractivity contribution is 6.35. The smallest absolute Gasteiger partial charge is 0.265 e. The van der Waals surface area contributed by atoms with Crippen LogP contribution in [0.25, 0.3) is 22.6 Å². The van der Waals surface area contributed by atoms with Crippen LogP contribution in [0.1, 0.15) is 18.1 Å². The Hall–Kier alpha value is -3.02. The fourth-order valence-corrected chi connectivity index (χ4v) is 3.51. The Morgan fingerprint density at radius 3 is 2.58 bits per heavy atom. The molecule has 31 heavy (non-hydrogen) atoms. The number of carbonyl (C=O) groups excluding carboxylic acids is 1. The molecule has 1 N–H and O–H groups in total. The van der Waals surface area contributed by atoms with Gasteiger partial charge in [-0.1, -0.05) is 29.3 Å². The number of nitrogens with one attached hydrogen (secondary N) is 1. The molecular formula is C24H20Cl2N2O3. The summed E-state index contributed by atoms with van der Waals surface area (Å²) in [5, 5.41) is 3.67. The molecule has 4 aromatic rings. The third-order valence-corrected chi connectivity index (χ3v) is 5.51. The van der Waals surface area contributed by atoms with E-state index in [1.165, 1.54) is 11.1 Å². The maximum absolute atomic E-state index is 12.6. The topological polar surface area (TPSA) is 64.4 Å². The minimum atomic E-state index is -0.766. The summed E-state index contributed by atoms with van der Waals surface area (Å²) in [4.78, 5) is 17.2. The van der Waals surface area contributed by atoms with Crippen LogP contribution in [-0.4, -0.2) is 17.0 Å². The summed E-state index contributed by atoms with van der Waals surface area (Å²) in [6.07, 6.45) is -0.766. The second kappa shape index (κ2) is 8.61. The molecule has 0 aliphatic heterocycles. The van der Waals surface area contributed by atoms with Gasteiger partial charge in [0, 0.05) is 16.3 Å². The second-order valence-electron chi connectivity index (χ2n) is 7.32. The van der Waals surface area contributed by atoms with Gasteiger partial charge in [-0.15, -0.1) is 0 Å². The van der Waals surface area contributed by atoms with E-state index in [1.807, 2.05) is 18.2 Å². The van der Waals surface area contributed by atoms with E-state index in [9.17, 15) is 4.79 Å². The molecule has 0 saturated heterocycles. The van der Waals surface area contributed by atoms with Gasteiger partial charge in [0.1, 0.15) is 11.3 Å². The van der Waals surface area contributed by atoms with Crippen LogP contribution >= 0.6 is 23.2 Å². The number of fused-ring (bicyclic) bond motifs is 1. The predicted octanol–water partition coefficient (Wildman–Crippen LogP) is 6.82. The number of amides is 1. The molecule has 158 valence electrons. The van der Waals surface area contributed by atoms with Gasteiger partial charge in [0.05, 0.1) is 5.02 Å². The predicted molar refractivity (Wildman–Crippen MR) is 124 cm³/mol. The average Bonchev–Trinajstić information content (AvgIpc) is 3.15. The Balaban J connectivity index is 1.50. The summed E-state index contributed by atoms with van der Waals surface area (Å²) < 4.78 is 11.6. The van der Waals surface area contributed by atoms with Crippen molar-refractivity contribution in [2.24, 2.45) is 0 Å². The molecule has 1 aromatic heterocycles. The largest absolute Gasteiger partial charge is 0.479 e. The number of aromatic nitrogens is 1. The first kappa shape index (κ1) is 21.2. The minimum Gasteiger partial charge on any atom is -0.479 e. The van der Waals surface area contributed by atoms with Crippen LogP contribution in [0.4, 0.5) is 5.69 Å². The lowest BCUT2D eigenvalue weighted by Gasteiger charge is -2.15. The number of nitrogens with zero attached hydrogens (tertiary/aromatic N) is 1. The lowest BCUT2D eigenvalue weighted by Crippen LogP contribution is -2.30. The summed E-state index contributed by atoms with van der Waals surface area (Å²) in [6, 6.07) is 16.2. The molecule has 1 unspecified atom stereocenters. The fourth-order valence-electron chi connectivity index (χ4n) is 3.06. The van der Waals surface area contributed by atoms with Crippen molar-refractivity contribution in [2.75, 3.05) is 5.32 Å². The number of rotatable bonds is 5. The molecule has 1 heterocycles. The Labute approximate surface area is 189 Å². The minimum absolute atomic E-state index is 0.316. The van der Waals surface area contributed by atoms with E-state index in [-0.39, 0.29) is 5.91 Å². The van der Waals surface area contributed by atoms with Gasteiger partial charge >= 0.3 is 0 Å². The van der Waals surface area contributed by atoms with Crippen LogP contribution in [0, 0.1) is 13.8 Å². The van der Waals surface area contributed by atoms with Gasteiger partial charge < -0.3 is 14.5 Å². The van der Waals surface area contributed by atoms with Gasteiger partial charge in [0.15, 0.2) is 11.7 Å². The number of ether oxygens (including phenoxy) is 1. The van der Waals surface area contributed by atoms with E-state index >= 15 is 0 Å². The molecule has 0 saturated carbocycles. The lowest BCUT2D eigenvalue weighted by atomic mass is 10.1. The highest BCUT2D eigenvalue weighted by Crippen LogP contribution is 2.29. The van der Waals surface area contributed by atoms with Crippen molar-refractivity contribution in [2.45, 2.75) is 26.9 Å². The molecule has 7 heteroatoms. The van der Waals surface area contributed by atoms with E-state index in [0.717, 1.165) is 5.56 Å². The molecule has 1 atom stereocenters. The van der Waals surface area contributed by atoms with Gasteiger partial charge in [-0.2, -0.15) is 0 Å². The molecule has 1 amide bonds. The van der Waals surface area contributed by atoms with E-state index < -0.39 is 6.10 Å². The van der Waals surface area contributed by atoms with Gasteiger partial charge in [-0.3, -0.25) is 4.79 Å². The normalized spacial score (nSPS) is 12.0. The second-order valence-corrected chi connectivity index (χ2v) is 8.17. The van der Waals surface area contributed by atoms with Crippen molar-refractivity contribution in [1.29, 1.82) is 0 Å². The third-order valence-electron chi connectivity index (χ3n) is 4.98. The van der Waals surface area contributed by atoms with Gasteiger partial charge in [-0.25, -0.2) is 4.98 Å². The monoisotopic (exact) mass is 454 g/mol. The first-order valence-electron chi connectivity index (χ1n) is 9.71. The van der Waals surface area contributed by atoms with Crippen molar-refractivity contribution in [3.05, 3.63) is 75.8 Å². The third kappa shape index (κ3) is 4.68. The first-order chi connectivity index (χ1) is 14.8. The quantitative estimate of drug-likeness (QED) is 0.359. The maximum Gasteiger partial charge on any atom is 0.265 e. The van der Waals surface area contributed by atoms with Crippen LogP contribution < -0.4 is 10.1 Å². The number of hydrogen-bond acceptors (Lipinski definition) is 4. The standard InChI is InChI=1S/C24H20Cl2N2O3/c1-13-4-5-16(10-14(13)2)24-28-20-12-18(7-9-22(20)31-24)27-23(29)15(3)30-21-8-6-17(25)11-19(21)26/h4-12,15H,1-3H3,(H,27,29). The number of benzene rings is 3. The number of anilines is 1. The first-order valence-corrected chi connectivity index (χ1v) is 10.5. The van der Waals surface area contributed by atoms with Gasteiger partial charge in [0.25, 0.3) is 5.91 Å². The molecule has 0 fully saturated rings. The molecule has 3 aromatic carbocycles. The van der Waals surface area contributed by atoms with Crippen molar-refractivity contribution in [3.63, 3.8) is 0 Å². The average molecular weight is 455 g/mol. The summed E-state index contributed by atoms with van der Waals surface area (Å²) in [7, 11) is 0. The maximum atomic E-state index is 12.6. The van der Waals surface area contributed by atoms with E-state index in [2.05, 4.69) is 24.1 Å². The molecule has 5 nitrogen and oxygen atoms in total. The highest BCUT2D eigenvalue weighted by atomic mass is 35.5. The van der Waals surface area contributed by atoms with Crippen molar-refractivity contribution in [3.8, 4) is 17.2 Å². The summed E-state index contributed by atoms with van der Waals surface area (Å²) in [5.41, 5.74) is 5.18. The Kier molecular flexibility index (Phi) is 5.90. The summed E-state index contributed by atoms with van der Waals surface area (Å²) in [6.45, 7) is 5.76. The fraction of sp³-hybridized carbons (Fsp3) is 0.167. The van der Waals surface area contributed by atoms with Crippen LogP contribution in [0.15, 0.2) is 59.0 Å². The molecule has 0 aliphatic carbocycles. The van der Waals surface area contributed by atoms with E-state index in [0.29, 0.717) is 38.5 Å². The van der Waals surface area contributed by atoms with Gasteiger partial charge in [0.2, 0.25) is 5.89 Å². The Morgan fingerprint density at radius 2 is 1.84 bits per heavy atom. The molecule has 0 aliphatic rings. The molecule has 0 spiro atoms. The van der Waals surface area contributed by atoms with Crippen LogP contribution in [-0.2, 0) is 4.79 Å². The lowest BCUT2D eigenvalue weighted by molar-refractivity contribution is -0.122. The Morgan fingerprint density at radius 1 is 1.03 bits per heavy atom. The SMILES string of the molecule is Cc1ccc(-c2nc3cc(NC(=O)C(C)Oc4ccc(Cl)cc4Cl)ccc3o2)cc1C. The van der Waals surface area contributed by atoms with Crippen LogP contribution in [0.3, 0.4) is 0 Å². The van der Waals surface area contributed by atoms with Crippen molar-refractivity contribution >= 4 is 45.9 Å². The number of halogens is 2. The summed E-state index contributed by atoms with van der Waals surface area (Å²) in [5.74, 6) is 0.609. The van der Waals surface area contributed by atoms with Crippen LogP contribution in [0.2, 0.25) is 10.0 Å². The van der Waals surface area contributed by atoms with Crippen LogP contribution in [0.5, 0.6) is 5.75 Å². The molecule has 0 radical (unpaired) electrons. The van der Waals surface area contributed by atoms with Gasteiger partial charge in [-0.05, 0) is 80.4 Å². The molecular weight excluding hydrogens is 435 g/mol. The number of aryl methyl sites for hydroxylation is 2. The zero-order chi connectivity index (χ0) is 22.1. The summed E-state index contributed by atoms with van der Waals surface area (Å²) >= 11 is 12.0. The van der Waals surface area contributed by atoms with E-state index in [4.69, 9.17) is 32.4 Å². The van der Waals surface area contributed by atoms with Crippen molar-refractivity contribution < 1.29 is 13.9 Å². The number of hydrogen-bond donors (Lipinski definition) is 1. The molecule has 0 bridgehead atoms. The Bertz CT molecular complexity index is 1280. The number of carbonyl (C=O) groups is 1. The number of oxazole rings is 1. The highest BCUT2D eigenvalue weighted by Gasteiger charge is 2.17. The van der Waals surface area contributed by atoms with Crippen molar-refractivity contribution in [1.82, 2.24) is 4.98 Å². The zero-order valence-electron chi connectivity index (χ0n) is 17.2. The zero-order valence-corrected chi connectivity index (χ0v) is 18.7. The van der Waals surface area contributed by atoms with E-state index in [1.54, 1.807) is 43.3 Å². The molecule has 4 rings (SSSR count).